The van der Waals surface area contributed by atoms with Crippen LogP contribution in [0.2, 0.25) is 0 Å². The number of benzene rings is 1. The summed E-state index contributed by atoms with van der Waals surface area (Å²) in [4.78, 5) is 23.7. The summed E-state index contributed by atoms with van der Waals surface area (Å²) in [5.74, 6) is -0.934. The van der Waals surface area contributed by atoms with Crippen LogP contribution in [0.3, 0.4) is 0 Å². The maximum absolute atomic E-state index is 12.3. The minimum atomic E-state index is -3.65. The second-order valence-electron chi connectivity index (χ2n) is 5.33. The van der Waals surface area contributed by atoms with Crippen LogP contribution in [0.15, 0.2) is 23.1 Å². The van der Waals surface area contributed by atoms with Crippen molar-refractivity contribution in [1.82, 2.24) is 4.90 Å². The van der Waals surface area contributed by atoms with Crippen LogP contribution in [0.5, 0.6) is 11.5 Å². The van der Waals surface area contributed by atoms with Gasteiger partial charge in [-0.2, -0.15) is 0 Å². The van der Waals surface area contributed by atoms with Gasteiger partial charge in [0.05, 0.1) is 17.1 Å². The fraction of sp³-hybridized carbons (Fsp3) is 0.467. The summed E-state index contributed by atoms with van der Waals surface area (Å²) in [7, 11) is -2.21. The molecule has 132 valence electrons. The molecule has 0 aromatic heterocycles. The second kappa shape index (κ2) is 7.52. The molecule has 1 N–H and O–H groups in total. The van der Waals surface area contributed by atoms with Crippen LogP contribution < -0.4 is 9.47 Å². The van der Waals surface area contributed by atoms with Crippen LogP contribution in [0.4, 0.5) is 0 Å². The van der Waals surface area contributed by atoms with E-state index in [0.29, 0.717) is 24.7 Å². The quantitative estimate of drug-likeness (QED) is 0.759. The molecule has 0 aliphatic carbocycles. The highest BCUT2D eigenvalue weighted by atomic mass is 32.2. The summed E-state index contributed by atoms with van der Waals surface area (Å²) in [5.41, 5.74) is 0. The van der Waals surface area contributed by atoms with Crippen LogP contribution in [0, 0.1) is 0 Å². The molecular formula is C15H19NO7S. The Hall–Kier alpha value is -2.29. The molecule has 0 unspecified atom stereocenters. The molecule has 1 heterocycles. The number of hydrogen-bond donors (Lipinski definition) is 1. The van der Waals surface area contributed by atoms with E-state index in [4.69, 9.17) is 14.6 Å². The van der Waals surface area contributed by atoms with Gasteiger partial charge in [-0.1, -0.05) is 0 Å². The number of fused-ring (bicyclic) bond motifs is 1. The summed E-state index contributed by atoms with van der Waals surface area (Å²) in [6.07, 6.45) is -0.399. The molecule has 1 aliphatic heterocycles. The van der Waals surface area contributed by atoms with E-state index in [0.717, 1.165) is 0 Å². The second-order valence-corrected chi connectivity index (χ2v) is 7.44. The Kier molecular flexibility index (Phi) is 5.66. The molecule has 1 aliphatic rings. The average molecular weight is 357 g/mol. The molecule has 1 amide bonds. The van der Waals surface area contributed by atoms with Crippen molar-refractivity contribution in [1.29, 1.82) is 0 Å². The van der Waals surface area contributed by atoms with Crippen LogP contribution in [0.25, 0.3) is 0 Å². The molecule has 1 aromatic carbocycles. The lowest BCUT2D eigenvalue weighted by molar-refractivity contribution is -0.138. The number of ether oxygens (including phenoxy) is 2. The third kappa shape index (κ3) is 4.60. The maximum atomic E-state index is 12.3. The first kappa shape index (κ1) is 18.1. The van der Waals surface area contributed by atoms with E-state index in [-0.39, 0.29) is 30.0 Å². The molecule has 0 spiro atoms. The lowest BCUT2D eigenvalue weighted by Crippen LogP contribution is -2.30. The molecule has 1 aromatic rings. The molecule has 2 rings (SSSR count). The third-order valence-electron chi connectivity index (χ3n) is 3.54. The Morgan fingerprint density at radius 3 is 2.50 bits per heavy atom. The largest absolute Gasteiger partial charge is 0.486 e. The van der Waals surface area contributed by atoms with Crippen molar-refractivity contribution in [2.75, 3.05) is 32.6 Å². The molecule has 8 nitrogen and oxygen atoms in total. The van der Waals surface area contributed by atoms with Gasteiger partial charge in [0.25, 0.3) is 0 Å². The minimum absolute atomic E-state index is 0.0399. The van der Waals surface area contributed by atoms with Gasteiger partial charge in [-0.15, -0.1) is 0 Å². The monoisotopic (exact) mass is 357 g/mol. The molecule has 0 fully saturated rings. The first-order chi connectivity index (χ1) is 11.3. The molecule has 0 saturated carbocycles. The van der Waals surface area contributed by atoms with E-state index < -0.39 is 21.7 Å². The number of hydrogen-bond acceptors (Lipinski definition) is 6. The standard InChI is InChI=1S/C15H19NO7S/c1-16(6-4-15(18)19)14(17)5-9-24(20,21)11-2-3-12-13(10-11)23-8-7-22-12/h2-3,10H,4-9H2,1H3,(H,18,19). The zero-order valence-corrected chi connectivity index (χ0v) is 14.0. The van der Waals surface area contributed by atoms with Crippen molar-refractivity contribution in [2.24, 2.45) is 0 Å². The van der Waals surface area contributed by atoms with Gasteiger partial charge in [0.1, 0.15) is 13.2 Å². The number of carboxylic acid groups (broad SMARTS) is 1. The average Bonchev–Trinajstić information content (AvgIpc) is 2.57. The van der Waals surface area contributed by atoms with Gasteiger partial charge in [-0.25, -0.2) is 8.42 Å². The van der Waals surface area contributed by atoms with E-state index in [9.17, 15) is 18.0 Å². The Morgan fingerprint density at radius 2 is 1.83 bits per heavy atom. The van der Waals surface area contributed by atoms with Crippen LogP contribution in [-0.4, -0.2) is 62.9 Å². The number of rotatable bonds is 7. The first-order valence-corrected chi connectivity index (χ1v) is 9.03. The van der Waals surface area contributed by atoms with Gasteiger partial charge in [-0.3, -0.25) is 9.59 Å². The summed E-state index contributed by atoms with van der Waals surface area (Å²) >= 11 is 0. The zero-order chi connectivity index (χ0) is 17.7. The number of carboxylic acids is 1. The van der Waals surface area contributed by atoms with E-state index in [2.05, 4.69) is 0 Å². The molecule has 0 saturated heterocycles. The Balaban J connectivity index is 1.98. The number of aliphatic carboxylic acids is 1. The normalized spacial score (nSPS) is 13.4. The van der Waals surface area contributed by atoms with Crippen LogP contribution in [-0.2, 0) is 19.4 Å². The number of nitrogens with zero attached hydrogens (tertiary/aromatic N) is 1. The fourth-order valence-corrected chi connectivity index (χ4v) is 3.38. The van der Waals surface area contributed by atoms with E-state index in [1.54, 1.807) is 0 Å². The van der Waals surface area contributed by atoms with Crippen molar-refractivity contribution in [3.63, 3.8) is 0 Å². The van der Waals surface area contributed by atoms with Crippen molar-refractivity contribution in [3.05, 3.63) is 18.2 Å². The van der Waals surface area contributed by atoms with Crippen LogP contribution >= 0.6 is 0 Å². The predicted octanol–water partition coefficient (Wildman–Crippen LogP) is 0.555. The summed E-state index contributed by atoms with van der Waals surface area (Å²) in [6.45, 7) is 0.803. The smallest absolute Gasteiger partial charge is 0.305 e. The number of sulfone groups is 1. The number of carbonyl (C=O) groups excluding carboxylic acids is 1. The van der Waals surface area contributed by atoms with E-state index in [1.165, 1.54) is 30.1 Å². The van der Waals surface area contributed by atoms with Gasteiger partial charge in [0.15, 0.2) is 21.3 Å². The lowest BCUT2D eigenvalue weighted by Gasteiger charge is -2.19. The van der Waals surface area contributed by atoms with Crippen molar-refractivity contribution >= 4 is 21.7 Å². The van der Waals surface area contributed by atoms with Crippen molar-refractivity contribution < 1.29 is 32.6 Å². The SMILES string of the molecule is CN(CCC(=O)O)C(=O)CCS(=O)(=O)c1ccc2c(c1)OCCO2. The van der Waals surface area contributed by atoms with Gasteiger partial charge in [0, 0.05) is 26.1 Å². The molecule has 0 atom stereocenters. The first-order valence-electron chi connectivity index (χ1n) is 7.38. The summed E-state index contributed by atoms with van der Waals surface area (Å²) in [6, 6.07) is 4.34. The summed E-state index contributed by atoms with van der Waals surface area (Å²) < 4.78 is 35.4. The van der Waals surface area contributed by atoms with Gasteiger partial charge in [0.2, 0.25) is 5.91 Å². The van der Waals surface area contributed by atoms with Gasteiger partial charge < -0.3 is 19.5 Å². The topological polar surface area (TPSA) is 110 Å². The molecule has 0 bridgehead atoms. The van der Waals surface area contributed by atoms with Gasteiger partial charge >= 0.3 is 5.97 Å². The Morgan fingerprint density at radius 1 is 1.17 bits per heavy atom. The van der Waals surface area contributed by atoms with Crippen molar-refractivity contribution in [3.8, 4) is 11.5 Å². The third-order valence-corrected chi connectivity index (χ3v) is 5.26. The number of amides is 1. The maximum Gasteiger partial charge on any atom is 0.305 e. The lowest BCUT2D eigenvalue weighted by atomic mass is 10.3. The Labute approximate surface area is 139 Å². The molecule has 9 heteroatoms. The van der Waals surface area contributed by atoms with Gasteiger partial charge in [-0.05, 0) is 12.1 Å². The predicted molar refractivity (Wildman–Crippen MR) is 84.0 cm³/mol. The highest BCUT2D eigenvalue weighted by molar-refractivity contribution is 7.91. The van der Waals surface area contributed by atoms with E-state index in [1.807, 2.05) is 0 Å². The number of carbonyl (C=O) groups is 2. The zero-order valence-electron chi connectivity index (χ0n) is 13.2. The van der Waals surface area contributed by atoms with E-state index >= 15 is 0 Å². The molecule has 24 heavy (non-hydrogen) atoms. The fourth-order valence-electron chi connectivity index (χ4n) is 2.14. The van der Waals surface area contributed by atoms with Crippen LogP contribution in [0.1, 0.15) is 12.8 Å². The molecule has 0 radical (unpaired) electrons. The summed E-state index contributed by atoms with van der Waals surface area (Å²) in [5, 5.41) is 8.59. The van der Waals surface area contributed by atoms with Crippen molar-refractivity contribution in [2.45, 2.75) is 17.7 Å². The highest BCUT2D eigenvalue weighted by Crippen LogP contribution is 2.32. The molecular weight excluding hydrogens is 338 g/mol. The Bertz CT molecular complexity index is 729. The highest BCUT2D eigenvalue weighted by Gasteiger charge is 2.21. The minimum Gasteiger partial charge on any atom is -0.486 e.